The molecule has 0 radical (unpaired) electrons. The van der Waals surface area contributed by atoms with Crippen molar-refractivity contribution in [3.05, 3.63) is 29.8 Å². The van der Waals surface area contributed by atoms with Gasteiger partial charge in [-0.3, -0.25) is 0 Å². The van der Waals surface area contributed by atoms with Crippen molar-refractivity contribution in [3.8, 4) is 11.8 Å². The Labute approximate surface area is 77.8 Å². The first kappa shape index (κ1) is 8.12. The van der Waals surface area contributed by atoms with Gasteiger partial charge in [-0.25, -0.2) is 0 Å². The van der Waals surface area contributed by atoms with Crippen LogP contribution in [-0.4, -0.2) is 5.60 Å². The van der Waals surface area contributed by atoms with Gasteiger partial charge in [-0.05, 0) is 18.6 Å². The lowest BCUT2D eigenvalue weighted by molar-refractivity contribution is 0.122. The highest BCUT2D eigenvalue weighted by molar-refractivity contribution is 5.39. The van der Waals surface area contributed by atoms with E-state index in [1.54, 1.807) is 0 Å². The lowest BCUT2D eigenvalue weighted by Gasteiger charge is -2.19. The molecule has 2 heteroatoms. The molecule has 0 aromatic heterocycles. The second-order valence-electron chi connectivity index (χ2n) is 3.67. The van der Waals surface area contributed by atoms with Gasteiger partial charge < -0.3 is 4.74 Å². The minimum atomic E-state index is -0.307. The molecule has 0 bridgehead atoms. The smallest absolute Gasteiger partial charge is 0.123 e. The van der Waals surface area contributed by atoms with Gasteiger partial charge in [-0.15, -0.1) is 0 Å². The Hall–Kier alpha value is -1.49. The first-order chi connectivity index (χ1) is 6.23. The van der Waals surface area contributed by atoms with E-state index < -0.39 is 0 Å². The van der Waals surface area contributed by atoms with Crippen molar-refractivity contribution in [3.63, 3.8) is 0 Å². The third-order valence-electron chi connectivity index (χ3n) is 2.35. The molecule has 66 valence electrons. The van der Waals surface area contributed by atoms with Crippen LogP contribution >= 0.6 is 0 Å². The van der Waals surface area contributed by atoms with Gasteiger partial charge in [-0.2, -0.15) is 5.26 Å². The highest BCUT2D eigenvalue weighted by Crippen LogP contribution is 2.36. The van der Waals surface area contributed by atoms with Gasteiger partial charge in [-0.1, -0.05) is 18.2 Å². The third-order valence-corrected chi connectivity index (χ3v) is 2.35. The van der Waals surface area contributed by atoms with Crippen LogP contribution in [0.1, 0.15) is 18.9 Å². The highest BCUT2D eigenvalue weighted by Gasteiger charge is 2.34. The molecule has 1 unspecified atom stereocenters. The molecule has 1 aliphatic rings. The van der Waals surface area contributed by atoms with Crippen molar-refractivity contribution in [2.24, 2.45) is 0 Å². The van der Waals surface area contributed by atoms with Gasteiger partial charge in [0, 0.05) is 6.42 Å². The first-order valence-electron chi connectivity index (χ1n) is 4.37. The van der Waals surface area contributed by atoms with Crippen LogP contribution < -0.4 is 4.74 Å². The number of nitriles is 1. The summed E-state index contributed by atoms with van der Waals surface area (Å²) in [5.74, 6) is 0.931. The summed E-state index contributed by atoms with van der Waals surface area (Å²) in [4.78, 5) is 0. The van der Waals surface area contributed by atoms with Crippen molar-refractivity contribution in [2.75, 3.05) is 0 Å². The molecular formula is C11H11NO. The molecule has 0 spiro atoms. The van der Waals surface area contributed by atoms with E-state index in [9.17, 15) is 0 Å². The van der Waals surface area contributed by atoms with Crippen molar-refractivity contribution in [1.82, 2.24) is 0 Å². The van der Waals surface area contributed by atoms with Crippen LogP contribution in [0.5, 0.6) is 5.75 Å². The van der Waals surface area contributed by atoms with E-state index in [2.05, 4.69) is 12.1 Å². The molecule has 0 saturated carbocycles. The zero-order valence-electron chi connectivity index (χ0n) is 7.58. The number of rotatable bonds is 1. The Morgan fingerprint density at radius 3 is 3.00 bits per heavy atom. The number of para-hydroxylation sites is 1. The Balaban J connectivity index is 2.27. The van der Waals surface area contributed by atoms with Gasteiger partial charge in [0.05, 0.1) is 12.5 Å². The average Bonchev–Trinajstić information content (AvgIpc) is 2.40. The van der Waals surface area contributed by atoms with Crippen LogP contribution in [0.3, 0.4) is 0 Å². The van der Waals surface area contributed by atoms with E-state index in [1.807, 2.05) is 25.1 Å². The molecule has 13 heavy (non-hydrogen) atoms. The first-order valence-corrected chi connectivity index (χ1v) is 4.37. The van der Waals surface area contributed by atoms with Crippen LogP contribution in [0.2, 0.25) is 0 Å². The predicted molar refractivity (Wildman–Crippen MR) is 49.4 cm³/mol. The fraction of sp³-hybridized carbons (Fsp3) is 0.364. The van der Waals surface area contributed by atoms with Gasteiger partial charge in [0.15, 0.2) is 0 Å². The van der Waals surface area contributed by atoms with Crippen LogP contribution in [0, 0.1) is 11.3 Å². The molecule has 2 nitrogen and oxygen atoms in total. The summed E-state index contributed by atoms with van der Waals surface area (Å²) in [6.45, 7) is 1.98. The second kappa shape index (κ2) is 2.77. The number of hydrogen-bond donors (Lipinski definition) is 0. The highest BCUT2D eigenvalue weighted by atomic mass is 16.5. The normalized spacial score (nSPS) is 24.6. The maximum Gasteiger partial charge on any atom is 0.123 e. The topological polar surface area (TPSA) is 33.0 Å². The largest absolute Gasteiger partial charge is 0.486 e. The van der Waals surface area contributed by atoms with E-state index in [0.29, 0.717) is 6.42 Å². The molecule has 0 saturated heterocycles. The SMILES string of the molecule is CC1(CC#N)Cc2ccccc2O1. The van der Waals surface area contributed by atoms with Crippen LogP contribution in [-0.2, 0) is 6.42 Å². The van der Waals surface area contributed by atoms with E-state index in [4.69, 9.17) is 10.00 Å². The predicted octanol–water partition coefficient (Wildman–Crippen LogP) is 2.29. The Morgan fingerprint density at radius 1 is 1.54 bits per heavy atom. The lowest BCUT2D eigenvalue weighted by atomic mass is 9.97. The van der Waals surface area contributed by atoms with Gasteiger partial charge in [0.2, 0.25) is 0 Å². The minimum Gasteiger partial charge on any atom is -0.486 e. The summed E-state index contributed by atoms with van der Waals surface area (Å²) in [5, 5.41) is 8.64. The average molecular weight is 173 g/mol. The molecule has 0 aliphatic carbocycles. The fourth-order valence-electron chi connectivity index (χ4n) is 1.72. The summed E-state index contributed by atoms with van der Waals surface area (Å²) >= 11 is 0. The van der Waals surface area contributed by atoms with E-state index in [0.717, 1.165) is 12.2 Å². The molecule has 1 aromatic rings. The summed E-state index contributed by atoms with van der Waals surface area (Å²) in [6.07, 6.45) is 1.29. The molecular weight excluding hydrogens is 162 g/mol. The molecule has 1 heterocycles. The number of benzene rings is 1. The maximum absolute atomic E-state index is 8.64. The van der Waals surface area contributed by atoms with Crippen LogP contribution in [0.25, 0.3) is 0 Å². The third kappa shape index (κ3) is 1.38. The molecule has 0 amide bonds. The van der Waals surface area contributed by atoms with Crippen molar-refractivity contribution >= 4 is 0 Å². The standard InChI is InChI=1S/C11H11NO/c1-11(6-7-12)8-9-4-2-3-5-10(9)13-11/h2-5H,6,8H2,1H3. The summed E-state index contributed by atoms with van der Waals surface area (Å²) in [7, 11) is 0. The minimum absolute atomic E-state index is 0.307. The lowest BCUT2D eigenvalue weighted by Crippen LogP contribution is -2.29. The maximum atomic E-state index is 8.64. The van der Waals surface area contributed by atoms with Crippen molar-refractivity contribution in [2.45, 2.75) is 25.4 Å². The number of hydrogen-bond acceptors (Lipinski definition) is 2. The van der Waals surface area contributed by atoms with Crippen LogP contribution in [0.4, 0.5) is 0 Å². The summed E-state index contributed by atoms with van der Waals surface area (Å²) < 4.78 is 5.71. The quantitative estimate of drug-likeness (QED) is 0.652. The number of fused-ring (bicyclic) bond motifs is 1. The van der Waals surface area contributed by atoms with E-state index in [1.165, 1.54) is 5.56 Å². The second-order valence-corrected chi connectivity index (χ2v) is 3.67. The molecule has 1 atom stereocenters. The number of ether oxygens (including phenoxy) is 1. The summed E-state index contributed by atoms with van der Waals surface area (Å²) in [5.41, 5.74) is 0.901. The molecule has 1 aliphatic heterocycles. The Bertz CT molecular complexity index is 340. The molecule has 2 rings (SSSR count). The van der Waals surface area contributed by atoms with Gasteiger partial charge in [0.25, 0.3) is 0 Å². The zero-order chi connectivity index (χ0) is 9.31. The number of nitrogens with zero attached hydrogens (tertiary/aromatic N) is 1. The Morgan fingerprint density at radius 2 is 2.31 bits per heavy atom. The van der Waals surface area contributed by atoms with Gasteiger partial charge in [0.1, 0.15) is 11.4 Å². The van der Waals surface area contributed by atoms with Crippen molar-refractivity contribution in [1.29, 1.82) is 5.26 Å². The van der Waals surface area contributed by atoms with E-state index >= 15 is 0 Å². The monoisotopic (exact) mass is 173 g/mol. The zero-order valence-corrected chi connectivity index (χ0v) is 7.58. The van der Waals surface area contributed by atoms with Crippen LogP contribution in [0.15, 0.2) is 24.3 Å². The Kier molecular flexibility index (Phi) is 1.73. The van der Waals surface area contributed by atoms with Gasteiger partial charge >= 0.3 is 0 Å². The fourth-order valence-corrected chi connectivity index (χ4v) is 1.72. The summed E-state index contributed by atoms with van der Waals surface area (Å²) in [6, 6.07) is 10.1. The van der Waals surface area contributed by atoms with E-state index in [-0.39, 0.29) is 5.60 Å². The van der Waals surface area contributed by atoms with Crippen molar-refractivity contribution < 1.29 is 4.74 Å². The molecule has 0 fully saturated rings. The molecule has 0 N–H and O–H groups in total. The molecule has 1 aromatic carbocycles.